The summed E-state index contributed by atoms with van der Waals surface area (Å²) < 4.78 is 5.09. The molecule has 0 atom stereocenters. The summed E-state index contributed by atoms with van der Waals surface area (Å²) in [6.45, 7) is 2.55. The zero-order chi connectivity index (χ0) is 12.3. The Morgan fingerprint density at radius 1 is 1.41 bits per heavy atom. The Morgan fingerprint density at radius 3 is 3.00 bits per heavy atom. The third-order valence-corrected chi connectivity index (χ3v) is 2.73. The molecule has 90 valence electrons. The fourth-order valence-electron chi connectivity index (χ4n) is 1.85. The van der Waals surface area contributed by atoms with Crippen molar-refractivity contribution in [2.75, 3.05) is 6.54 Å². The van der Waals surface area contributed by atoms with Crippen LogP contribution in [0.15, 0.2) is 18.2 Å². The van der Waals surface area contributed by atoms with E-state index in [-0.39, 0.29) is 5.78 Å². The maximum absolute atomic E-state index is 11.5. The number of amides is 1. The van der Waals surface area contributed by atoms with Crippen LogP contribution < -0.4 is 10.1 Å². The number of ketones is 1. The van der Waals surface area contributed by atoms with Gasteiger partial charge in [0, 0.05) is 18.5 Å². The Morgan fingerprint density at radius 2 is 2.24 bits per heavy atom. The van der Waals surface area contributed by atoms with Crippen LogP contribution in [-0.2, 0) is 6.42 Å². The van der Waals surface area contributed by atoms with Crippen LogP contribution in [0.4, 0.5) is 4.79 Å². The number of hydrogen-bond donors (Lipinski definition) is 1. The largest absolute Gasteiger partial charge is 0.412 e. The number of benzene rings is 1. The lowest BCUT2D eigenvalue weighted by Crippen LogP contribution is -2.27. The molecule has 4 nitrogen and oxygen atoms in total. The summed E-state index contributed by atoms with van der Waals surface area (Å²) in [7, 11) is 0. The monoisotopic (exact) mass is 233 g/mol. The summed E-state index contributed by atoms with van der Waals surface area (Å²) in [4.78, 5) is 22.9. The number of Topliss-reactive ketones (excluding diaryl/α,β-unsaturated/α-hetero) is 1. The normalized spacial score (nSPS) is 13.4. The number of ether oxygens (including phenoxy) is 1. The predicted molar refractivity (Wildman–Crippen MR) is 63.4 cm³/mol. The van der Waals surface area contributed by atoms with Crippen molar-refractivity contribution in [3.8, 4) is 5.75 Å². The van der Waals surface area contributed by atoms with E-state index >= 15 is 0 Å². The molecular formula is C13H15NO3. The SMILES string of the molecule is CCCNC(=O)Oc1ccc2c(c1)C(=O)CC2. The number of carbonyl (C=O) groups excluding carboxylic acids is 2. The first-order valence-electron chi connectivity index (χ1n) is 5.82. The van der Waals surface area contributed by atoms with Gasteiger partial charge in [0.15, 0.2) is 5.78 Å². The van der Waals surface area contributed by atoms with Crippen LogP contribution in [0.5, 0.6) is 5.75 Å². The standard InChI is InChI=1S/C13H15NO3/c1-2-7-14-13(16)17-10-5-3-9-4-6-12(15)11(9)8-10/h3,5,8H,2,4,6-7H2,1H3,(H,14,16). The highest BCUT2D eigenvalue weighted by atomic mass is 16.6. The van der Waals surface area contributed by atoms with E-state index in [0.717, 1.165) is 18.4 Å². The van der Waals surface area contributed by atoms with E-state index in [1.807, 2.05) is 13.0 Å². The molecule has 1 aromatic carbocycles. The summed E-state index contributed by atoms with van der Waals surface area (Å²) in [5.74, 6) is 0.548. The Balaban J connectivity index is 2.05. The van der Waals surface area contributed by atoms with Gasteiger partial charge in [-0.2, -0.15) is 0 Å². The number of hydrogen-bond acceptors (Lipinski definition) is 3. The number of nitrogens with one attached hydrogen (secondary N) is 1. The Labute approximate surface area is 100.0 Å². The van der Waals surface area contributed by atoms with Crippen molar-refractivity contribution < 1.29 is 14.3 Å². The molecule has 2 rings (SSSR count). The molecule has 1 N–H and O–H groups in total. The van der Waals surface area contributed by atoms with Crippen LogP contribution in [0.3, 0.4) is 0 Å². The van der Waals surface area contributed by atoms with Gasteiger partial charge in [0.2, 0.25) is 0 Å². The first-order chi connectivity index (χ1) is 8.20. The van der Waals surface area contributed by atoms with Gasteiger partial charge < -0.3 is 10.1 Å². The van der Waals surface area contributed by atoms with Gasteiger partial charge in [0.1, 0.15) is 5.75 Å². The van der Waals surface area contributed by atoms with Gasteiger partial charge in [-0.25, -0.2) is 4.79 Å². The number of fused-ring (bicyclic) bond motifs is 1. The van der Waals surface area contributed by atoms with E-state index in [4.69, 9.17) is 4.74 Å². The lowest BCUT2D eigenvalue weighted by Gasteiger charge is -2.06. The van der Waals surface area contributed by atoms with Crippen molar-refractivity contribution in [2.24, 2.45) is 0 Å². The number of rotatable bonds is 3. The van der Waals surface area contributed by atoms with Crippen molar-refractivity contribution in [1.29, 1.82) is 0 Å². The van der Waals surface area contributed by atoms with E-state index in [1.54, 1.807) is 12.1 Å². The molecule has 0 unspecified atom stereocenters. The van der Waals surface area contributed by atoms with Crippen LogP contribution in [0.2, 0.25) is 0 Å². The minimum atomic E-state index is -0.475. The zero-order valence-corrected chi connectivity index (χ0v) is 9.79. The van der Waals surface area contributed by atoms with Gasteiger partial charge >= 0.3 is 6.09 Å². The van der Waals surface area contributed by atoms with Gasteiger partial charge in [-0.15, -0.1) is 0 Å². The fraction of sp³-hybridized carbons (Fsp3) is 0.385. The Hall–Kier alpha value is -1.84. The highest BCUT2D eigenvalue weighted by Crippen LogP contribution is 2.26. The second-order valence-electron chi connectivity index (χ2n) is 4.06. The Kier molecular flexibility index (Phi) is 3.42. The van der Waals surface area contributed by atoms with Crippen LogP contribution >= 0.6 is 0 Å². The molecule has 1 aliphatic carbocycles. The summed E-state index contributed by atoms with van der Waals surface area (Å²) in [6, 6.07) is 5.22. The minimum Gasteiger partial charge on any atom is -0.410 e. The molecule has 17 heavy (non-hydrogen) atoms. The topological polar surface area (TPSA) is 55.4 Å². The van der Waals surface area contributed by atoms with Crippen LogP contribution in [0.1, 0.15) is 35.7 Å². The quantitative estimate of drug-likeness (QED) is 0.871. The third-order valence-electron chi connectivity index (χ3n) is 2.73. The molecule has 0 saturated carbocycles. The molecule has 0 radical (unpaired) electrons. The molecule has 0 heterocycles. The van der Waals surface area contributed by atoms with E-state index in [2.05, 4.69) is 5.32 Å². The highest BCUT2D eigenvalue weighted by Gasteiger charge is 2.20. The first-order valence-corrected chi connectivity index (χ1v) is 5.82. The minimum absolute atomic E-state index is 0.124. The van der Waals surface area contributed by atoms with Crippen LogP contribution in [-0.4, -0.2) is 18.4 Å². The van der Waals surface area contributed by atoms with Crippen molar-refractivity contribution in [3.05, 3.63) is 29.3 Å². The lowest BCUT2D eigenvalue weighted by atomic mass is 10.1. The molecule has 1 aliphatic rings. The van der Waals surface area contributed by atoms with Crippen molar-refractivity contribution in [3.63, 3.8) is 0 Å². The van der Waals surface area contributed by atoms with Crippen molar-refractivity contribution in [2.45, 2.75) is 26.2 Å². The van der Waals surface area contributed by atoms with E-state index in [0.29, 0.717) is 24.3 Å². The third kappa shape index (κ3) is 2.64. The van der Waals surface area contributed by atoms with Gasteiger partial charge in [0.25, 0.3) is 0 Å². The second-order valence-corrected chi connectivity index (χ2v) is 4.06. The highest BCUT2D eigenvalue weighted by molar-refractivity contribution is 6.00. The number of aryl methyl sites for hydroxylation is 1. The smallest absolute Gasteiger partial charge is 0.410 e. The Bertz CT molecular complexity index is 454. The molecule has 4 heteroatoms. The molecule has 1 aromatic rings. The summed E-state index contributed by atoms with van der Waals surface area (Å²) in [5, 5.41) is 2.61. The van der Waals surface area contributed by atoms with Gasteiger partial charge in [-0.1, -0.05) is 13.0 Å². The molecule has 0 spiro atoms. The summed E-state index contributed by atoms with van der Waals surface area (Å²) in [5.41, 5.74) is 1.72. The fourth-order valence-corrected chi connectivity index (χ4v) is 1.85. The molecule has 0 bridgehead atoms. The summed E-state index contributed by atoms with van der Waals surface area (Å²) in [6.07, 6.45) is 1.73. The van der Waals surface area contributed by atoms with Crippen LogP contribution in [0.25, 0.3) is 0 Å². The van der Waals surface area contributed by atoms with E-state index in [1.165, 1.54) is 0 Å². The van der Waals surface area contributed by atoms with Gasteiger partial charge in [-0.3, -0.25) is 4.79 Å². The maximum Gasteiger partial charge on any atom is 0.412 e. The van der Waals surface area contributed by atoms with Crippen LogP contribution in [0, 0.1) is 0 Å². The molecular weight excluding hydrogens is 218 g/mol. The molecule has 0 fully saturated rings. The second kappa shape index (κ2) is 4.99. The molecule has 0 saturated heterocycles. The molecule has 0 aromatic heterocycles. The van der Waals surface area contributed by atoms with Crippen molar-refractivity contribution >= 4 is 11.9 Å². The van der Waals surface area contributed by atoms with Crippen molar-refractivity contribution in [1.82, 2.24) is 5.32 Å². The molecule has 0 aliphatic heterocycles. The number of carbonyl (C=O) groups is 2. The maximum atomic E-state index is 11.5. The predicted octanol–water partition coefficient (Wildman–Crippen LogP) is 2.31. The van der Waals surface area contributed by atoms with E-state index in [9.17, 15) is 9.59 Å². The first kappa shape index (κ1) is 11.6. The van der Waals surface area contributed by atoms with Gasteiger partial charge in [0.05, 0.1) is 0 Å². The zero-order valence-electron chi connectivity index (χ0n) is 9.79. The van der Waals surface area contributed by atoms with Gasteiger partial charge in [-0.05, 0) is 30.5 Å². The van der Waals surface area contributed by atoms with E-state index < -0.39 is 6.09 Å². The average Bonchev–Trinajstić information content (AvgIpc) is 2.68. The molecule has 1 amide bonds. The average molecular weight is 233 g/mol. The lowest BCUT2D eigenvalue weighted by molar-refractivity contribution is 0.0994. The summed E-state index contributed by atoms with van der Waals surface area (Å²) >= 11 is 0.